The molecule has 0 saturated carbocycles. The lowest BCUT2D eigenvalue weighted by Crippen LogP contribution is -1.95. The van der Waals surface area contributed by atoms with Crippen molar-refractivity contribution >= 4 is 18.1 Å². The number of hydrogen-bond acceptors (Lipinski definition) is 1. The summed E-state index contributed by atoms with van der Waals surface area (Å²) >= 11 is 0. The monoisotopic (exact) mass is 171 g/mol. The van der Waals surface area contributed by atoms with Crippen LogP contribution in [0.4, 0.5) is 5.69 Å². The molecule has 0 aliphatic carbocycles. The van der Waals surface area contributed by atoms with Gasteiger partial charge in [-0.2, -0.15) is 0 Å². The second kappa shape index (κ2) is 5.03. The Hall–Kier alpha value is -0.690. The molecule has 1 aromatic rings. The number of rotatable bonds is 2. The topological polar surface area (TPSA) is 12.0 Å². The summed E-state index contributed by atoms with van der Waals surface area (Å²) < 4.78 is 0. The molecule has 1 N–H and O–H groups in total. The zero-order valence-corrected chi connectivity index (χ0v) is 7.74. The summed E-state index contributed by atoms with van der Waals surface area (Å²) in [7, 11) is 0. The van der Waals surface area contributed by atoms with Crippen LogP contribution in [0.25, 0.3) is 0 Å². The van der Waals surface area contributed by atoms with Gasteiger partial charge in [-0.25, -0.2) is 0 Å². The van der Waals surface area contributed by atoms with Gasteiger partial charge in [0, 0.05) is 12.2 Å². The van der Waals surface area contributed by atoms with Gasteiger partial charge >= 0.3 is 0 Å². The second-order valence-corrected chi connectivity index (χ2v) is 2.40. The van der Waals surface area contributed by atoms with E-state index in [0.29, 0.717) is 0 Å². The molecule has 0 fully saturated rings. The van der Waals surface area contributed by atoms with Crippen LogP contribution in [0.1, 0.15) is 12.5 Å². The molecule has 0 unspecified atom stereocenters. The Morgan fingerprint density at radius 1 is 1.36 bits per heavy atom. The fourth-order valence-electron chi connectivity index (χ4n) is 0.959. The molecule has 0 amide bonds. The number of hydrogen-bond donors (Lipinski definition) is 1. The molecule has 11 heavy (non-hydrogen) atoms. The molecule has 0 radical (unpaired) electrons. The van der Waals surface area contributed by atoms with E-state index in [4.69, 9.17) is 0 Å². The van der Waals surface area contributed by atoms with E-state index in [9.17, 15) is 0 Å². The van der Waals surface area contributed by atoms with E-state index in [1.165, 1.54) is 11.3 Å². The molecule has 0 saturated heterocycles. The van der Waals surface area contributed by atoms with E-state index in [1.807, 2.05) is 0 Å². The normalized spacial score (nSPS) is 8.55. The SMILES string of the molecule is CCNc1cccc(C)c1.Cl. The largest absolute Gasteiger partial charge is 0.385 e. The minimum Gasteiger partial charge on any atom is -0.385 e. The lowest BCUT2D eigenvalue weighted by atomic mass is 10.2. The van der Waals surface area contributed by atoms with Crippen LogP contribution >= 0.6 is 12.4 Å². The minimum absolute atomic E-state index is 0. The third-order valence-electron chi connectivity index (χ3n) is 1.40. The van der Waals surface area contributed by atoms with Crippen LogP contribution in [0.15, 0.2) is 24.3 Å². The van der Waals surface area contributed by atoms with E-state index < -0.39 is 0 Å². The highest BCUT2D eigenvalue weighted by Gasteiger charge is 1.87. The van der Waals surface area contributed by atoms with Crippen molar-refractivity contribution in [3.63, 3.8) is 0 Å². The average Bonchev–Trinajstić information content (AvgIpc) is 1.88. The van der Waals surface area contributed by atoms with E-state index in [2.05, 4.69) is 43.4 Å². The molecule has 62 valence electrons. The van der Waals surface area contributed by atoms with Crippen molar-refractivity contribution in [3.05, 3.63) is 29.8 Å². The van der Waals surface area contributed by atoms with Gasteiger partial charge in [-0.3, -0.25) is 0 Å². The van der Waals surface area contributed by atoms with Gasteiger partial charge in [-0.15, -0.1) is 12.4 Å². The first-order valence-electron chi connectivity index (χ1n) is 3.63. The van der Waals surface area contributed by atoms with Crippen molar-refractivity contribution in [1.82, 2.24) is 0 Å². The van der Waals surface area contributed by atoms with Gasteiger partial charge in [0.1, 0.15) is 0 Å². The van der Waals surface area contributed by atoms with Crippen molar-refractivity contribution in [3.8, 4) is 0 Å². The fourth-order valence-corrected chi connectivity index (χ4v) is 0.959. The average molecular weight is 172 g/mol. The molecular formula is C9H14ClN. The zero-order valence-electron chi connectivity index (χ0n) is 6.92. The number of nitrogens with one attached hydrogen (secondary N) is 1. The molecule has 0 aromatic heterocycles. The van der Waals surface area contributed by atoms with Crippen LogP contribution < -0.4 is 5.32 Å². The summed E-state index contributed by atoms with van der Waals surface area (Å²) in [6.45, 7) is 5.19. The van der Waals surface area contributed by atoms with Crippen LogP contribution in [0.5, 0.6) is 0 Å². The Balaban J connectivity index is 0.000001000. The molecule has 0 heterocycles. The summed E-state index contributed by atoms with van der Waals surface area (Å²) in [5.74, 6) is 0. The number of benzene rings is 1. The number of aryl methyl sites for hydroxylation is 1. The first-order valence-corrected chi connectivity index (χ1v) is 3.63. The van der Waals surface area contributed by atoms with Crippen molar-refractivity contribution < 1.29 is 0 Å². The molecular weight excluding hydrogens is 158 g/mol. The fraction of sp³-hybridized carbons (Fsp3) is 0.333. The van der Waals surface area contributed by atoms with Gasteiger partial charge in [-0.05, 0) is 31.5 Å². The molecule has 0 aliphatic heterocycles. The van der Waals surface area contributed by atoms with Crippen molar-refractivity contribution in [2.45, 2.75) is 13.8 Å². The molecule has 0 spiro atoms. The predicted octanol–water partition coefficient (Wildman–Crippen LogP) is 2.85. The lowest BCUT2D eigenvalue weighted by molar-refractivity contribution is 1.21. The van der Waals surface area contributed by atoms with Gasteiger partial charge < -0.3 is 5.32 Å². The quantitative estimate of drug-likeness (QED) is 0.722. The third-order valence-corrected chi connectivity index (χ3v) is 1.40. The molecule has 1 aromatic carbocycles. The van der Waals surface area contributed by atoms with Crippen LogP contribution in [-0.4, -0.2) is 6.54 Å². The minimum atomic E-state index is 0. The standard InChI is InChI=1S/C9H13N.ClH/c1-3-10-9-6-4-5-8(2)7-9;/h4-7,10H,3H2,1-2H3;1H. The Morgan fingerprint density at radius 3 is 2.64 bits per heavy atom. The highest BCUT2D eigenvalue weighted by atomic mass is 35.5. The summed E-state index contributed by atoms with van der Waals surface area (Å²) in [5, 5.41) is 3.25. The van der Waals surface area contributed by atoms with Crippen molar-refractivity contribution in [1.29, 1.82) is 0 Å². The highest BCUT2D eigenvalue weighted by molar-refractivity contribution is 5.85. The van der Waals surface area contributed by atoms with Gasteiger partial charge in [-0.1, -0.05) is 12.1 Å². The Labute approximate surface area is 74.2 Å². The maximum absolute atomic E-state index is 3.25. The molecule has 1 rings (SSSR count). The first kappa shape index (κ1) is 10.3. The Morgan fingerprint density at radius 2 is 2.09 bits per heavy atom. The van der Waals surface area contributed by atoms with Crippen molar-refractivity contribution in [2.75, 3.05) is 11.9 Å². The summed E-state index contributed by atoms with van der Waals surface area (Å²) in [5.41, 5.74) is 2.51. The van der Waals surface area contributed by atoms with Crippen LogP contribution in [0.2, 0.25) is 0 Å². The van der Waals surface area contributed by atoms with E-state index in [1.54, 1.807) is 0 Å². The molecule has 1 nitrogen and oxygen atoms in total. The zero-order chi connectivity index (χ0) is 7.40. The smallest absolute Gasteiger partial charge is 0.0342 e. The van der Waals surface area contributed by atoms with Crippen LogP contribution in [-0.2, 0) is 0 Å². The van der Waals surface area contributed by atoms with E-state index in [-0.39, 0.29) is 12.4 Å². The molecule has 2 heteroatoms. The highest BCUT2D eigenvalue weighted by Crippen LogP contribution is 2.08. The maximum atomic E-state index is 3.25. The molecule has 0 atom stereocenters. The number of anilines is 1. The van der Waals surface area contributed by atoms with Gasteiger partial charge in [0.2, 0.25) is 0 Å². The summed E-state index contributed by atoms with van der Waals surface area (Å²) in [4.78, 5) is 0. The second-order valence-electron chi connectivity index (χ2n) is 2.40. The van der Waals surface area contributed by atoms with E-state index in [0.717, 1.165) is 6.54 Å². The van der Waals surface area contributed by atoms with Gasteiger partial charge in [0.15, 0.2) is 0 Å². The summed E-state index contributed by atoms with van der Waals surface area (Å²) in [6, 6.07) is 8.38. The Bertz CT molecular complexity index is 210. The van der Waals surface area contributed by atoms with Crippen LogP contribution in [0.3, 0.4) is 0 Å². The number of halogens is 1. The van der Waals surface area contributed by atoms with Crippen LogP contribution in [0, 0.1) is 6.92 Å². The van der Waals surface area contributed by atoms with Crippen molar-refractivity contribution in [2.24, 2.45) is 0 Å². The molecule has 0 aliphatic rings. The molecule has 0 bridgehead atoms. The predicted molar refractivity (Wildman–Crippen MR) is 52.6 cm³/mol. The van der Waals surface area contributed by atoms with Gasteiger partial charge in [0.25, 0.3) is 0 Å². The van der Waals surface area contributed by atoms with E-state index >= 15 is 0 Å². The third kappa shape index (κ3) is 3.28. The van der Waals surface area contributed by atoms with Gasteiger partial charge in [0.05, 0.1) is 0 Å². The lowest BCUT2D eigenvalue weighted by Gasteiger charge is -2.02. The summed E-state index contributed by atoms with van der Waals surface area (Å²) in [6.07, 6.45) is 0. The Kier molecular flexibility index (Phi) is 4.71. The maximum Gasteiger partial charge on any atom is 0.0342 e. The first-order chi connectivity index (χ1) is 4.83.